The van der Waals surface area contributed by atoms with Crippen molar-refractivity contribution in [2.45, 2.75) is 32.6 Å². The number of nitrogens with zero attached hydrogens (tertiary/aromatic N) is 3. The fraction of sp³-hybridized carbons (Fsp3) is 0.429. The van der Waals surface area contributed by atoms with Gasteiger partial charge in [-0.2, -0.15) is 5.10 Å². The summed E-state index contributed by atoms with van der Waals surface area (Å²) in [6.07, 6.45) is 6.45. The summed E-state index contributed by atoms with van der Waals surface area (Å²) in [5, 5.41) is 25.2. The third kappa shape index (κ3) is 3.33. The standard InChI is InChI=1S/C14H18N4O4/c1-2-3-4-5-9-7-18-13(16-8-17-18)11(12(9)21)14(22)15-6-10(19)20/h7-8,21H,2-6H2,1H3,(H,15,22)(H,19,20). The highest BCUT2D eigenvalue weighted by Gasteiger charge is 2.21. The second-order valence-electron chi connectivity index (χ2n) is 4.94. The number of unbranched alkanes of at least 4 members (excludes halogenated alkanes) is 2. The van der Waals surface area contributed by atoms with E-state index in [1.165, 1.54) is 10.8 Å². The first kappa shape index (κ1) is 15.7. The summed E-state index contributed by atoms with van der Waals surface area (Å²) in [5.74, 6) is -2.01. The molecule has 22 heavy (non-hydrogen) atoms. The molecule has 0 bridgehead atoms. The van der Waals surface area contributed by atoms with Crippen LogP contribution in [0.15, 0.2) is 12.5 Å². The van der Waals surface area contributed by atoms with Gasteiger partial charge in [0.1, 0.15) is 24.2 Å². The summed E-state index contributed by atoms with van der Waals surface area (Å²) in [4.78, 5) is 26.7. The molecule has 3 N–H and O–H groups in total. The number of aromatic nitrogens is 3. The highest BCUT2D eigenvalue weighted by atomic mass is 16.4. The van der Waals surface area contributed by atoms with Crippen LogP contribution < -0.4 is 5.32 Å². The topological polar surface area (TPSA) is 117 Å². The quantitative estimate of drug-likeness (QED) is 0.657. The van der Waals surface area contributed by atoms with Crippen LogP contribution in [0.5, 0.6) is 5.75 Å². The lowest BCUT2D eigenvalue weighted by Crippen LogP contribution is -2.30. The molecule has 0 aliphatic rings. The number of carbonyl (C=O) groups is 2. The van der Waals surface area contributed by atoms with Gasteiger partial charge in [-0.3, -0.25) is 9.59 Å². The maximum atomic E-state index is 12.1. The zero-order valence-electron chi connectivity index (χ0n) is 12.2. The van der Waals surface area contributed by atoms with Gasteiger partial charge < -0.3 is 15.5 Å². The largest absolute Gasteiger partial charge is 0.507 e. The molecule has 8 nitrogen and oxygen atoms in total. The van der Waals surface area contributed by atoms with Crippen molar-refractivity contribution in [3.05, 3.63) is 23.7 Å². The van der Waals surface area contributed by atoms with Crippen LogP contribution in [0.1, 0.15) is 42.1 Å². The van der Waals surface area contributed by atoms with E-state index in [2.05, 4.69) is 22.3 Å². The number of carbonyl (C=O) groups excluding carboxylic acids is 1. The molecule has 1 amide bonds. The molecule has 0 aromatic carbocycles. The number of aryl methyl sites for hydroxylation is 1. The first-order valence-corrected chi connectivity index (χ1v) is 7.08. The first-order valence-electron chi connectivity index (χ1n) is 7.08. The van der Waals surface area contributed by atoms with Crippen LogP contribution in [-0.4, -0.2) is 43.2 Å². The number of aromatic hydroxyl groups is 1. The van der Waals surface area contributed by atoms with Gasteiger partial charge in [-0.15, -0.1) is 0 Å². The van der Waals surface area contributed by atoms with Gasteiger partial charge in [0.15, 0.2) is 5.65 Å². The summed E-state index contributed by atoms with van der Waals surface area (Å²) >= 11 is 0. The van der Waals surface area contributed by atoms with Crippen molar-refractivity contribution in [1.29, 1.82) is 0 Å². The lowest BCUT2D eigenvalue weighted by molar-refractivity contribution is -0.135. The fourth-order valence-electron chi connectivity index (χ4n) is 2.20. The SMILES string of the molecule is CCCCCc1cn2ncnc2c(C(=O)NCC(=O)O)c1O. The van der Waals surface area contributed by atoms with Crippen molar-refractivity contribution in [2.24, 2.45) is 0 Å². The fourth-order valence-corrected chi connectivity index (χ4v) is 2.20. The zero-order valence-corrected chi connectivity index (χ0v) is 12.2. The van der Waals surface area contributed by atoms with E-state index in [0.717, 1.165) is 19.3 Å². The molecule has 8 heteroatoms. The number of aliphatic carboxylic acids is 1. The van der Waals surface area contributed by atoms with Gasteiger partial charge >= 0.3 is 5.97 Å². The first-order chi connectivity index (χ1) is 10.5. The highest BCUT2D eigenvalue weighted by Crippen LogP contribution is 2.27. The van der Waals surface area contributed by atoms with Crippen LogP contribution >= 0.6 is 0 Å². The Morgan fingerprint density at radius 3 is 2.82 bits per heavy atom. The van der Waals surface area contributed by atoms with Crippen LogP contribution in [0.3, 0.4) is 0 Å². The molecule has 0 saturated carbocycles. The molecule has 0 atom stereocenters. The second kappa shape index (κ2) is 6.88. The Bertz CT molecular complexity index is 695. The Kier molecular flexibility index (Phi) is 4.92. The van der Waals surface area contributed by atoms with Gasteiger partial charge in [0.25, 0.3) is 5.91 Å². The van der Waals surface area contributed by atoms with Gasteiger partial charge in [0.2, 0.25) is 0 Å². The van der Waals surface area contributed by atoms with Crippen LogP contribution in [0.4, 0.5) is 0 Å². The summed E-state index contributed by atoms with van der Waals surface area (Å²) in [5.41, 5.74) is 0.735. The number of hydrogen-bond acceptors (Lipinski definition) is 5. The summed E-state index contributed by atoms with van der Waals surface area (Å²) in [6.45, 7) is 1.55. The van der Waals surface area contributed by atoms with E-state index in [1.807, 2.05) is 0 Å². The highest BCUT2D eigenvalue weighted by molar-refractivity contribution is 6.03. The predicted molar refractivity (Wildman–Crippen MR) is 77.8 cm³/mol. The third-order valence-electron chi connectivity index (χ3n) is 3.29. The van der Waals surface area contributed by atoms with Crippen molar-refractivity contribution >= 4 is 17.5 Å². The molecule has 0 radical (unpaired) electrons. The summed E-state index contributed by atoms with van der Waals surface area (Å²) in [6, 6.07) is 0. The molecule has 118 valence electrons. The van der Waals surface area contributed by atoms with Gasteiger partial charge in [0, 0.05) is 11.8 Å². The Labute approximate surface area is 126 Å². The van der Waals surface area contributed by atoms with Crippen LogP contribution in [0.2, 0.25) is 0 Å². The van der Waals surface area contributed by atoms with Crippen molar-refractivity contribution in [1.82, 2.24) is 19.9 Å². The third-order valence-corrected chi connectivity index (χ3v) is 3.29. The van der Waals surface area contributed by atoms with Gasteiger partial charge in [-0.05, 0) is 12.8 Å². The average Bonchev–Trinajstić information content (AvgIpc) is 2.93. The van der Waals surface area contributed by atoms with Crippen molar-refractivity contribution in [3.8, 4) is 5.75 Å². The maximum Gasteiger partial charge on any atom is 0.322 e. The number of carboxylic acids is 1. The monoisotopic (exact) mass is 306 g/mol. The van der Waals surface area contributed by atoms with Crippen LogP contribution in [0.25, 0.3) is 5.65 Å². The number of amides is 1. The number of hydrogen-bond donors (Lipinski definition) is 3. The van der Waals surface area contributed by atoms with Crippen molar-refractivity contribution in [3.63, 3.8) is 0 Å². The van der Waals surface area contributed by atoms with E-state index in [1.54, 1.807) is 6.20 Å². The van der Waals surface area contributed by atoms with E-state index in [4.69, 9.17) is 5.11 Å². The number of nitrogens with one attached hydrogen (secondary N) is 1. The molecule has 0 fully saturated rings. The predicted octanol–water partition coefficient (Wildman–Crippen LogP) is 0.982. The molecule has 2 aromatic heterocycles. The van der Waals surface area contributed by atoms with Crippen molar-refractivity contribution < 1.29 is 19.8 Å². The number of carboxylic acid groups (broad SMARTS) is 1. The number of pyridine rings is 1. The van der Waals surface area contributed by atoms with Crippen LogP contribution in [0, 0.1) is 0 Å². The van der Waals surface area contributed by atoms with E-state index in [9.17, 15) is 14.7 Å². The lowest BCUT2D eigenvalue weighted by atomic mass is 10.0. The van der Waals surface area contributed by atoms with E-state index < -0.39 is 18.4 Å². The summed E-state index contributed by atoms with van der Waals surface area (Å²) in [7, 11) is 0. The van der Waals surface area contributed by atoms with Gasteiger partial charge in [0.05, 0.1) is 0 Å². The Balaban J connectivity index is 2.37. The minimum atomic E-state index is -1.16. The molecule has 0 spiro atoms. The molecule has 0 aliphatic heterocycles. The molecule has 0 unspecified atom stereocenters. The number of rotatable bonds is 7. The lowest BCUT2D eigenvalue weighted by Gasteiger charge is -2.11. The van der Waals surface area contributed by atoms with Crippen molar-refractivity contribution in [2.75, 3.05) is 6.54 Å². The Hall–Kier alpha value is -2.64. The minimum absolute atomic E-state index is 0.0484. The van der Waals surface area contributed by atoms with Gasteiger partial charge in [-0.1, -0.05) is 19.8 Å². The molecular weight excluding hydrogens is 288 g/mol. The molecular formula is C14H18N4O4. The summed E-state index contributed by atoms with van der Waals surface area (Å²) < 4.78 is 1.41. The Morgan fingerprint density at radius 1 is 1.36 bits per heavy atom. The van der Waals surface area contributed by atoms with Crippen LogP contribution in [-0.2, 0) is 11.2 Å². The molecule has 2 heterocycles. The Morgan fingerprint density at radius 2 is 2.14 bits per heavy atom. The van der Waals surface area contributed by atoms with E-state index >= 15 is 0 Å². The van der Waals surface area contributed by atoms with E-state index in [0.29, 0.717) is 12.0 Å². The second-order valence-corrected chi connectivity index (χ2v) is 4.94. The molecule has 2 rings (SSSR count). The number of fused-ring (bicyclic) bond motifs is 1. The van der Waals surface area contributed by atoms with E-state index in [-0.39, 0.29) is 17.0 Å². The zero-order chi connectivity index (χ0) is 16.1. The maximum absolute atomic E-state index is 12.1. The average molecular weight is 306 g/mol. The normalized spacial score (nSPS) is 10.8. The minimum Gasteiger partial charge on any atom is -0.507 e. The molecule has 2 aromatic rings. The smallest absolute Gasteiger partial charge is 0.322 e. The van der Waals surface area contributed by atoms with Gasteiger partial charge in [-0.25, -0.2) is 9.50 Å². The molecule has 0 aliphatic carbocycles. The molecule has 0 saturated heterocycles.